The van der Waals surface area contributed by atoms with Crippen molar-refractivity contribution in [3.8, 4) is 5.75 Å². The van der Waals surface area contributed by atoms with E-state index in [1.165, 1.54) is 13.8 Å². The molecule has 1 aliphatic heterocycles. The highest BCUT2D eigenvalue weighted by molar-refractivity contribution is 5.69. The van der Waals surface area contributed by atoms with E-state index in [4.69, 9.17) is 33.2 Å². The van der Waals surface area contributed by atoms with Crippen LogP contribution < -0.4 is 4.74 Å². The van der Waals surface area contributed by atoms with Crippen molar-refractivity contribution in [2.75, 3.05) is 6.61 Å². The van der Waals surface area contributed by atoms with Crippen molar-refractivity contribution < 1.29 is 57.1 Å². The van der Waals surface area contributed by atoms with E-state index in [1.54, 1.807) is 24.3 Å². The van der Waals surface area contributed by atoms with Gasteiger partial charge in [-0.2, -0.15) is 0 Å². The second-order valence-electron chi connectivity index (χ2n) is 7.61. The normalized spacial score (nSPS) is 23.4. The monoisotopic (exact) mass is 496 g/mol. The maximum absolute atomic E-state index is 11.9. The van der Waals surface area contributed by atoms with Gasteiger partial charge in [-0.15, -0.1) is 0 Å². The summed E-state index contributed by atoms with van der Waals surface area (Å²) < 4.78 is 37.7. The van der Waals surface area contributed by atoms with E-state index in [1.807, 2.05) is 0 Å². The number of esters is 5. The first kappa shape index (κ1) is 27.6. The highest BCUT2D eigenvalue weighted by atomic mass is 16.7. The second-order valence-corrected chi connectivity index (χ2v) is 7.61. The number of benzene rings is 1. The summed E-state index contributed by atoms with van der Waals surface area (Å²) in [7, 11) is 0. The molecular formula is C23H28O12. The lowest BCUT2D eigenvalue weighted by Crippen LogP contribution is -2.63. The van der Waals surface area contributed by atoms with Gasteiger partial charge >= 0.3 is 29.8 Å². The van der Waals surface area contributed by atoms with Gasteiger partial charge in [-0.05, 0) is 17.7 Å². The molecule has 12 heteroatoms. The fourth-order valence-corrected chi connectivity index (χ4v) is 3.27. The molecule has 1 heterocycles. The summed E-state index contributed by atoms with van der Waals surface area (Å²) in [6, 6.07) is 6.41. The average Bonchev–Trinajstić information content (AvgIpc) is 2.75. The molecule has 1 fully saturated rings. The SMILES string of the molecule is CC(=O)OCc1ccc(OC2OC(COC(C)=O)C(OC(C)=O)C(OC(C)=O)C2OC(C)=O)cc1. The Kier molecular flexibility index (Phi) is 10.0. The standard InChI is InChI=1S/C23H28O12/c1-12(24)29-10-17-6-8-18(9-7-17)34-23-22(33-16(5)28)21(32-15(4)27)20(31-14(3)26)19(35-23)11-30-13(2)25/h6-9,19-23H,10-11H2,1-5H3. The number of rotatable bonds is 9. The topological polar surface area (TPSA) is 150 Å². The lowest BCUT2D eigenvalue weighted by atomic mass is 9.98. The summed E-state index contributed by atoms with van der Waals surface area (Å²) in [4.78, 5) is 57.8. The van der Waals surface area contributed by atoms with E-state index in [9.17, 15) is 24.0 Å². The van der Waals surface area contributed by atoms with Crippen LogP contribution in [-0.4, -0.2) is 67.2 Å². The van der Waals surface area contributed by atoms with Crippen LogP contribution in [0.4, 0.5) is 0 Å². The van der Waals surface area contributed by atoms with Crippen LogP contribution in [0.3, 0.4) is 0 Å². The smallest absolute Gasteiger partial charge is 0.303 e. The van der Waals surface area contributed by atoms with E-state index in [0.717, 1.165) is 20.8 Å². The number of carbonyl (C=O) groups excluding carboxylic acids is 5. The Morgan fingerprint density at radius 1 is 0.686 bits per heavy atom. The fourth-order valence-electron chi connectivity index (χ4n) is 3.27. The molecule has 0 aliphatic carbocycles. The number of hydrogen-bond donors (Lipinski definition) is 0. The van der Waals surface area contributed by atoms with Gasteiger partial charge in [-0.3, -0.25) is 24.0 Å². The van der Waals surface area contributed by atoms with Crippen molar-refractivity contribution in [2.24, 2.45) is 0 Å². The van der Waals surface area contributed by atoms with Gasteiger partial charge in [-0.1, -0.05) is 12.1 Å². The number of carbonyl (C=O) groups is 5. The molecule has 1 aromatic rings. The average molecular weight is 496 g/mol. The van der Waals surface area contributed by atoms with Crippen LogP contribution in [0, 0.1) is 0 Å². The highest BCUT2D eigenvalue weighted by Crippen LogP contribution is 2.31. The van der Waals surface area contributed by atoms with Gasteiger partial charge in [0.25, 0.3) is 0 Å². The molecule has 1 saturated heterocycles. The van der Waals surface area contributed by atoms with Crippen molar-refractivity contribution in [3.63, 3.8) is 0 Å². The number of ether oxygens (including phenoxy) is 7. The maximum Gasteiger partial charge on any atom is 0.303 e. The third kappa shape index (κ3) is 8.89. The predicted molar refractivity (Wildman–Crippen MR) is 114 cm³/mol. The van der Waals surface area contributed by atoms with Crippen LogP contribution in [0.5, 0.6) is 5.75 Å². The van der Waals surface area contributed by atoms with Crippen LogP contribution in [-0.2, 0) is 59.0 Å². The molecule has 0 aromatic heterocycles. The molecule has 5 unspecified atom stereocenters. The molecule has 0 saturated carbocycles. The molecular weight excluding hydrogens is 468 g/mol. The summed E-state index contributed by atoms with van der Waals surface area (Å²) in [6.45, 7) is 5.58. The molecule has 2 rings (SSSR count). The fraction of sp³-hybridized carbons (Fsp3) is 0.522. The van der Waals surface area contributed by atoms with Crippen LogP contribution in [0.2, 0.25) is 0 Å². The van der Waals surface area contributed by atoms with Crippen molar-refractivity contribution >= 4 is 29.8 Å². The van der Waals surface area contributed by atoms with E-state index in [2.05, 4.69) is 0 Å². The lowest BCUT2D eigenvalue weighted by Gasteiger charge is -2.43. The zero-order valence-corrected chi connectivity index (χ0v) is 20.0. The molecule has 12 nitrogen and oxygen atoms in total. The molecule has 1 aliphatic rings. The van der Waals surface area contributed by atoms with Gasteiger partial charge in [-0.25, -0.2) is 0 Å². The molecule has 35 heavy (non-hydrogen) atoms. The minimum absolute atomic E-state index is 0.0642. The van der Waals surface area contributed by atoms with Gasteiger partial charge in [0.05, 0.1) is 0 Å². The first-order valence-electron chi connectivity index (χ1n) is 10.7. The lowest BCUT2D eigenvalue weighted by molar-refractivity contribution is -0.288. The third-order valence-electron chi connectivity index (χ3n) is 4.57. The van der Waals surface area contributed by atoms with E-state index >= 15 is 0 Å². The number of hydrogen-bond acceptors (Lipinski definition) is 12. The molecule has 0 bridgehead atoms. The van der Waals surface area contributed by atoms with Gasteiger partial charge in [0.15, 0.2) is 12.2 Å². The molecule has 5 atom stereocenters. The molecule has 192 valence electrons. The van der Waals surface area contributed by atoms with E-state index in [-0.39, 0.29) is 19.0 Å². The van der Waals surface area contributed by atoms with Gasteiger partial charge in [0, 0.05) is 34.6 Å². The van der Waals surface area contributed by atoms with Gasteiger partial charge < -0.3 is 33.2 Å². The first-order valence-corrected chi connectivity index (χ1v) is 10.7. The Hall–Kier alpha value is -3.67. The van der Waals surface area contributed by atoms with Gasteiger partial charge in [0.1, 0.15) is 25.1 Å². The predicted octanol–water partition coefficient (Wildman–Crippen LogP) is 1.21. The molecule has 0 amide bonds. The molecule has 0 spiro atoms. The Morgan fingerprint density at radius 2 is 1.20 bits per heavy atom. The highest BCUT2D eigenvalue weighted by Gasteiger charge is 2.53. The minimum atomic E-state index is -1.34. The molecule has 0 N–H and O–H groups in total. The summed E-state index contributed by atoms with van der Waals surface area (Å²) in [5.41, 5.74) is 0.689. The van der Waals surface area contributed by atoms with E-state index in [0.29, 0.717) is 5.56 Å². The first-order chi connectivity index (χ1) is 16.5. The summed E-state index contributed by atoms with van der Waals surface area (Å²) in [5, 5.41) is 0. The summed E-state index contributed by atoms with van der Waals surface area (Å²) in [5.74, 6) is -2.98. The largest absolute Gasteiger partial charge is 0.463 e. The zero-order valence-electron chi connectivity index (χ0n) is 20.0. The van der Waals surface area contributed by atoms with Crippen LogP contribution in [0.15, 0.2) is 24.3 Å². The van der Waals surface area contributed by atoms with Gasteiger partial charge in [0.2, 0.25) is 12.4 Å². The molecule has 1 aromatic carbocycles. The Morgan fingerprint density at radius 3 is 1.71 bits per heavy atom. The van der Waals surface area contributed by atoms with Crippen LogP contribution >= 0.6 is 0 Å². The zero-order chi connectivity index (χ0) is 26.1. The Bertz CT molecular complexity index is 925. The quantitative estimate of drug-likeness (QED) is 0.357. The summed E-state index contributed by atoms with van der Waals surface area (Å²) >= 11 is 0. The third-order valence-corrected chi connectivity index (χ3v) is 4.57. The van der Waals surface area contributed by atoms with Crippen molar-refractivity contribution in [2.45, 2.75) is 71.9 Å². The Labute approximate surface area is 201 Å². The van der Waals surface area contributed by atoms with E-state index < -0.39 is 60.6 Å². The van der Waals surface area contributed by atoms with Crippen molar-refractivity contribution in [1.29, 1.82) is 0 Å². The summed E-state index contributed by atoms with van der Waals surface area (Å²) in [6.07, 6.45) is -6.40. The van der Waals surface area contributed by atoms with Crippen molar-refractivity contribution in [3.05, 3.63) is 29.8 Å². The van der Waals surface area contributed by atoms with Crippen molar-refractivity contribution in [1.82, 2.24) is 0 Å². The maximum atomic E-state index is 11.9. The second kappa shape index (κ2) is 12.7. The minimum Gasteiger partial charge on any atom is -0.463 e. The molecule has 0 radical (unpaired) electrons. The van der Waals surface area contributed by atoms with Crippen LogP contribution in [0.1, 0.15) is 40.2 Å². The Balaban J connectivity index is 2.36. The van der Waals surface area contributed by atoms with Crippen LogP contribution in [0.25, 0.3) is 0 Å².